The fourth-order valence-electron chi connectivity index (χ4n) is 2.91. The molecular weight excluding hydrogens is 458 g/mol. The van der Waals surface area contributed by atoms with Crippen molar-refractivity contribution in [2.75, 3.05) is 27.8 Å². The molecule has 2 aromatic rings. The Hall–Kier alpha value is -2.67. The van der Waals surface area contributed by atoms with Crippen molar-refractivity contribution in [3.63, 3.8) is 0 Å². The second-order valence-corrected chi connectivity index (χ2v) is 10.3. The summed E-state index contributed by atoms with van der Waals surface area (Å²) in [5.74, 6) is 0.380. The number of hydrogen-bond acceptors (Lipinski definition) is 7. The summed E-state index contributed by atoms with van der Waals surface area (Å²) in [6.07, 6.45) is -0.0668. The van der Waals surface area contributed by atoms with Crippen molar-refractivity contribution in [3.05, 3.63) is 48.0 Å². The molecule has 2 aromatic carbocycles. The molecular formula is C20H27N3O7S2. The summed E-state index contributed by atoms with van der Waals surface area (Å²) in [5, 5.41) is 5.09. The van der Waals surface area contributed by atoms with Crippen molar-refractivity contribution in [2.24, 2.45) is 5.14 Å². The van der Waals surface area contributed by atoms with E-state index in [2.05, 4.69) is 4.72 Å². The van der Waals surface area contributed by atoms with Crippen molar-refractivity contribution >= 4 is 26.0 Å². The van der Waals surface area contributed by atoms with Crippen molar-refractivity contribution in [1.29, 1.82) is 0 Å². The molecule has 176 valence electrons. The number of nitrogens with one attached hydrogen (secondary N) is 1. The molecule has 1 atom stereocenters. The Morgan fingerprint density at radius 2 is 1.56 bits per heavy atom. The molecule has 12 heteroatoms. The SMILES string of the molecule is COc1ccc(S(=O)(=O)NCCC(=O)N(C)C(C)c2ccc(S(N)(=O)=O)cc2)cc1OC. The quantitative estimate of drug-likeness (QED) is 0.515. The van der Waals surface area contributed by atoms with E-state index in [-0.39, 0.29) is 40.5 Å². The second kappa shape index (κ2) is 10.3. The lowest BCUT2D eigenvalue weighted by Crippen LogP contribution is -2.33. The van der Waals surface area contributed by atoms with Crippen molar-refractivity contribution in [3.8, 4) is 11.5 Å². The molecule has 1 unspecified atom stereocenters. The zero-order valence-corrected chi connectivity index (χ0v) is 19.9. The van der Waals surface area contributed by atoms with Crippen LogP contribution in [0.1, 0.15) is 24.9 Å². The van der Waals surface area contributed by atoms with Gasteiger partial charge in [0.15, 0.2) is 11.5 Å². The molecule has 0 spiro atoms. The van der Waals surface area contributed by atoms with Crippen LogP contribution in [0.5, 0.6) is 11.5 Å². The monoisotopic (exact) mass is 485 g/mol. The van der Waals surface area contributed by atoms with Crippen LogP contribution in [-0.4, -0.2) is 55.5 Å². The summed E-state index contributed by atoms with van der Waals surface area (Å²) in [5.41, 5.74) is 0.708. The van der Waals surface area contributed by atoms with E-state index in [0.717, 1.165) is 0 Å². The van der Waals surface area contributed by atoms with Gasteiger partial charge < -0.3 is 14.4 Å². The molecule has 10 nitrogen and oxygen atoms in total. The number of amides is 1. The second-order valence-electron chi connectivity index (χ2n) is 6.96. The number of sulfonamides is 2. The van der Waals surface area contributed by atoms with Crippen LogP contribution in [0.2, 0.25) is 0 Å². The maximum absolute atomic E-state index is 12.5. The highest BCUT2D eigenvalue weighted by Gasteiger charge is 2.20. The number of rotatable bonds is 10. The van der Waals surface area contributed by atoms with Gasteiger partial charge in [-0.2, -0.15) is 0 Å². The van der Waals surface area contributed by atoms with Gasteiger partial charge in [0.05, 0.1) is 30.1 Å². The van der Waals surface area contributed by atoms with Gasteiger partial charge in [0.1, 0.15) is 0 Å². The summed E-state index contributed by atoms with van der Waals surface area (Å²) >= 11 is 0. The molecule has 0 fully saturated rings. The highest BCUT2D eigenvalue weighted by molar-refractivity contribution is 7.89. The normalized spacial score (nSPS) is 12.8. The minimum absolute atomic E-state index is 0.0146. The van der Waals surface area contributed by atoms with Crippen LogP contribution in [0.4, 0.5) is 0 Å². The Morgan fingerprint density at radius 1 is 1.00 bits per heavy atom. The molecule has 0 aliphatic heterocycles. The minimum atomic E-state index is -3.86. The van der Waals surface area contributed by atoms with E-state index >= 15 is 0 Å². The smallest absolute Gasteiger partial charge is 0.240 e. The molecule has 0 saturated carbocycles. The number of hydrogen-bond donors (Lipinski definition) is 2. The zero-order chi connectivity index (χ0) is 24.1. The first-order valence-corrected chi connectivity index (χ1v) is 12.5. The molecule has 1 amide bonds. The zero-order valence-electron chi connectivity index (χ0n) is 18.2. The predicted octanol–water partition coefficient (Wildman–Crippen LogP) is 1.24. The molecule has 0 saturated heterocycles. The molecule has 0 aliphatic rings. The van der Waals surface area contributed by atoms with E-state index in [1.807, 2.05) is 0 Å². The summed E-state index contributed by atoms with van der Waals surface area (Å²) < 4.78 is 60.4. The van der Waals surface area contributed by atoms with Crippen molar-refractivity contribution in [1.82, 2.24) is 9.62 Å². The maximum Gasteiger partial charge on any atom is 0.240 e. The van der Waals surface area contributed by atoms with Crippen LogP contribution < -0.4 is 19.3 Å². The van der Waals surface area contributed by atoms with Crippen molar-refractivity contribution < 1.29 is 31.1 Å². The third kappa shape index (κ3) is 6.19. The first-order valence-electron chi connectivity index (χ1n) is 9.51. The standard InChI is InChI=1S/C20H27N3O7S2/c1-14(15-5-7-16(8-6-15)31(21,25)26)23(2)20(24)11-12-22-32(27,28)17-9-10-18(29-3)19(13-17)30-4/h5-10,13-14,22H,11-12H2,1-4H3,(H2,21,25,26). The van der Waals surface area contributed by atoms with Gasteiger partial charge in [-0.05, 0) is 36.8 Å². The highest BCUT2D eigenvalue weighted by atomic mass is 32.2. The fourth-order valence-corrected chi connectivity index (χ4v) is 4.47. The number of carbonyl (C=O) groups excluding carboxylic acids is 1. The van der Waals surface area contributed by atoms with Crippen LogP contribution in [-0.2, 0) is 24.8 Å². The maximum atomic E-state index is 12.5. The first kappa shape index (κ1) is 25.6. The van der Waals surface area contributed by atoms with Crippen molar-refractivity contribution in [2.45, 2.75) is 29.2 Å². The van der Waals surface area contributed by atoms with Crippen LogP contribution in [0.15, 0.2) is 52.3 Å². The van der Waals surface area contributed by atoms with E-state index in [1.54, 1.807) is 26.1 Å². The lowest BCUT2D eigenvalue weighted by atomic mass is 10.1. The molecule has 2 rings (SSSR count). The molecule has 0 aromatic heterocycles. The van der Waals surface area contributed by atoms with E-state index in [1.165, 1.54) is 49.5 Å². The van der Waals surface area contributed by atoms with Crippen LogP contribution in [0.3, 0.4) is 0 Å². The van der Waals surface area contributed by atoms with Gasteiger partial charge in [-0.15, -0.1) is 0 Å². The van der Waals surface area contributed by atoms with Gasteiger partial charge >= 0.3 is 0 Å². The number of ether oxygens (including phenoxy) is 2. The third-order valence-electron chi connectivity index (χ3n) is 4.96. The van der Waals surface area contributed by atoms with Gasteiger partial charge in [-0.3, -0.25) is 4.79 Å². The number of benzene rings is 2. The number of primary sulfonamides is 1. The summed E-state index contributed by atoms with van der Waals surface area (Å²) in [7, 11) is -3.22. The van der Waals surface area contributed by atoms with Gasteiger partial charge in [0.2, 0.25) is 26.0 Å². The number of carbonyl (C=O) groups is 1. The average molecular weight is 486 g/mol. The Morgan fingerprint density at radius 3 is 2.09 bits per heavy atom. The van der Waals surface area contributed by atoms with Crippen LogP contribution in [0.25, 0.3) is 0 Å². The molecule has 3 N–H and O–H groups in total. The van der Waals surface area contributed by atoms with Gasteiger partial charge in [0.25, 0.3) is 0 Å². The average Bonchev–Trinajstić information content (AvgIpc) is 2.76. The largest absolute Gasteiger partial charge is 0.493 e. The Kier molecular flexibility index (Phi) is 8.24. The van der Waals surface area contributed by atoms with E-state index in [0.29, 0.717) is 11.3 Å². The van der Waals surface area contributed by atoms with E-state index < -0.39 is 20.0 Å². The highest BCUT2D eigenvalue weighted by Crippen LogP contribution is 2.29. The molecule has 0 heterocycles. The number of nitrogens with two attached hydrogens (primary N) is 1. The molecule has 32 heavy (non-hydrogen) atoms. The van der Waals surface area contributed by atoms with Gasteiger partial charge in [-0.25, -0.2) is 26.7 Å². The number of nitrogens with zero attached hydrogens (tertiary/aromatic N) is 1. The summed E-state index contributed by atoms with van der Waals surface area (Å²) in [4.78, 5) is 13.9. The Bertz CT molecular complexity index is 1160. The lowest BCUT2D eigenvalue weighted by Gasteiger charge is -2.25. The van der Waals surface area contributed by atoms with Gasteiger partial charge in [-0.1, -0.05) is 12.1 Å². The van der Waals surface area contributed by atoms with E-state index in [9.17, 15) is 21.6 Å². The van der Waals surface area contributed by atoms with Crippen LogP contribution >= 0.6 is 0 Å². The number of methoxy groups -OCH3 is 2. The summed E-state index contributed by atoms with van der Waals surface area (Å²) in [6.45, 7) is 1.68. The topological polar surface area (TPSA) is 145 Å². The third-order valence-corrected chi connectivity index (χ3v) is 7.35. The lowest BCUT2D eigenvalue weighted by molar-refractivity contribution is -0.131. The molecule has 0 radical (unpaired) electrons. The summed E-state index contributed by atoms with van der Waals surface area (Å²) in [6, 6.07) is 9.73. The predicted molar refractivity (Wildman–Crippen MR) is 118 cm³/mol. The molecule has 0 bridgehead atoms. The first-order chi connectivity index (χ1) is 14.9. The van der Waals surface area contributed by atoms with E-state index in [4.69, 9.17) is 14.6 Å². The van der Waals surface area contributed by atoms with Crippen LogP contribution in [0, 0.1) is 0 Å². The molecule has 0 aliphatic carbocycles. The Balaban J connectivity index is 1.99. The van der Waals surface area contributed by atoms with Gasteiger partial charge in [0, 0.05) is 26.1 Å². The fraction of sp³-hybridized carbons (Fsp3) is 0.350. The minimum Gasteiger partial charge on any atom is -0.493 e. The Labute approximate surface area is 188 Å².